The van der Waals surface area contributed by atoms with Gasteiger partial charge in [0.1, 0.15) is 6.33 Å². The summed E-state index contributed by atoms with van der Waals surface area (Å²) in [5.41, 5.74) is -0.0741. The number of hydrogen-bond acceptors (Lipinski definition) is 6. The highest BCUT2D eigenvalue weighted by Gasteiger charge is 2.25. The molecule has 0 amide bonds. The summed E-state index contributed by atoms with van der Waals surface area (Å²) in [5, 5.41) is 16.9. The lowest BCUT2D eigenvalue weighted by Crippen LogP contribution is -2.11. The number of hydrogen-bond donors (Lipinski definition) is 2. The number of rotatable bonds is 6. The molecular formula is C10H15N5O2. The molecule has 0 radical (unpaired) electrons. The van der Waals surface area contributed by atoms with E-state index >= 15 is 0 Å². The molecule has 0 aromatic carbocycles. The predicted octanol–water partition coefficient (Wildman–Crippen LogP) is 1.64. The molecule has 0 spiro atoms. The third-order valence-corrected chi connectivity index (χ3v) is 2.60. The van der Waals surface area contributed by atoms with E-state index in [0.29, 0.717) is 18.3 Å². The smallest absolute Gasteiger partial charge is 0.353 e. The van der Waals surface area contributed by atoms with Crippen molar-refractivity contribution in [3.05, 3.63) is 16.4 Å². The fraction of sp³-hybridized carbons (Fsp3) is 0.600. The molecule has 1 aromatic rings. The van der Waals surface area contributed by atoms with Gasteiger partial charge in [-0.1, -0.05) is 0 Å². The van der Waals surface area contributed by atoms with Crippen LogP contribution in [0.15, 0.2) is 6.33 Å². The van der Waals surface area contributed by atoms with Crippen LogP contribution >= 0.6 is 0 Å². The van der Waals surface area contributed by atoms with Crippen LogP contribution in [0.3, 0.4) is 0 Å². The topological polar surface area (TPSA) is 93.0 Å². The van der Waals surface area contributed by atoms with Gasteiger partial charge in [-0.25, -0.2) is 9.97 Å². The first-order valence-corrected chi connectivity index (χ1v) is 5.69. The molecule has 2 N–H and O–H groups in total. The van der Waals surface area contributed by atoms with Gasteiger partial charge < -0.3 is 10.6 Å². The zero-order chi connectivity index (χ0) is 12.3. The van der Waals surface area contributed by atoms with Crippen LogP contribution < -0.4 is 10.6 Å². The average molecular weight is 237 g/mol. The van der Waals surface area contributed by atoms with Crippen LogP contribution in [-0.2, 0) is 0 Å². The molecule has 0 bridgehead atoms. The summed E-state index contributed by atoms with van der Waals surface area (Å²) in [7, 11) is 0. The van der Waals surface area contributed by atoms with E-state index in [9.17, 15) is 10.1 Å². The molecule has 7 nitrogen and oxygen atoms in total. The Morgan fingerprint density at radius 3 is 2.59 bits per heavy atom. The molecule has 1 aliphatic carbocycles. The molecule has 1 saturated carbocycles. The summed E-state index contributed by atoms with van der Waals surface area (Å²) >= 11 is 0. The monoisotopic (exact) mass is 237 g/mol. The number of nitrogens with one attached hydrogen (secondary N) is 2. The third-order valence-electron chi connectivity index (χ3n) is 2.60. The summed E-state index contributed by atoms with van der Waals surface area (Å²) < 4.78 is 0. The Morgan fingerprint density at radius 2 is 2.06 bits per heavy atom. The van der Waals surface area contributed by atoms with E-state index in [0.717, 1.165) is 6.54 Å². The maximum absolute atomic E-state index is 11.0. The van der Waals surface area contributed by atoms with Crippen molar-refractivity contribution < 1.29 is 4.92 Å². The summed E-state index contributed by atoms with van der Waals surface area (Å²) in [5.74, 6) is 1.20. The van der Waals surface area contributed by atoms with Crippen molar-refractivity contribution in [3.8, 4) is 0 Å². The standard InChI is InChI=1S/C10H15N5O2/c1-2-11-9-8(15(16)17)10(14-6-13-9)12-5-7-3-4-7/h6-7H,2-5H2,1H3,(H2,11,12,13,14). The van der Waals surface area contributed by atoms with Gasteiger partial charge in [0.25, 0.3) is 0 Å². The normalized spacial score (nSPS) is 14.4. The minimum atomic E-state index is -0.451. The Bertz CT molecular complexity index is 419. The molecule has 0 atom stereocenters. The molecule has 1 heterocycles. The molecule has 7 heteroatoms. The van der Waals surface area contributed by atoms with Crippen LogP contribution in [0.4, 0.5) is 17.3 Å². The summed E-state index contributed by atoms with van der Waals surface area (Å²) in [6, 6.07) is 0. The van der Waals surface area contributed by atoms with Crippen LogP contribution in [0.25, 0.3) is 0 Å². The Labute approximate surface area is 98.8 Å². The zero-order valence-corrected chi connectivity index (χ0v) is 9.64. The molecule has 0 aliphatic heterocycles. The minimum absolute atomic E-state index is 0.0741. The van der Waals surface area contributed by atoms with Crippen molar-refractivity contribution in [1.82, 2.24) is 9.97 Å². The van der Waals surface area contributed by atoms with Gasteiger partial charge in [0.05, 0.1) is 4.92 Å². The summed E-state index contributed by atoms with van der Waals surface area (Å²) in [6.45, 7) is 3.19. The Kier molecular flexibility index (Phi) is 3.36. The fourth-order valence-electron chi connectivity index (χ4n) is 1.54. The Hall–Kier alpha value is -1.92. The zero-order valence-electron chi connectivity index (χ0n) is 9.64. The second kappa shape index (κ2) is 4.94. The van der Waals surface area contributed by atoms with E-state index in [2.05, 4.69) is 20.6 Å². The highest BCUT2D eigenvalue weighted by Crippen LogP contribution is 2.32. The van der Waals surface area contributed by atoms with E-state index in [1.54, 1.807) is 0 Å². The van der Waals surface area contributed by atoms with Crippen molar-refractivity contribution >= 4 is 17.3 Å². The van der Waals surface area contributed by atoms with Crippen molar-refractivity contribution in [2.75, 3.05) is 23.7 Å². The fourth-order valence-corrected chi connectivity index (χ4v) is 1.54. The molecule has 1 fully saturated rings. The van der Waals surface area contributed by atoms with E-state index < -0.39 is 4.92 Å². The molecule has 92 valence electrons. The van der Waals surface area contributed by atoms with Gasteiger partial charge in [0.15, 0.2) is 0 Å². The van der Waals surface area contributed by atoms with Gasteiger partial charge >= 0.3 is 5.69 Å². The van der Waals surface area contributed by atoms with Crippen LogP contribution in [0, 0.1) is 16.0 Å². The average Bonchev–Trinajstić information content (AvgIpc) is 3.10. The highest BCUT2D eigenvalue weighted by atomic mass is 16.6. The predicted molar refractivity (Wildman–Crippen MR) is 64.1 cm³/mol. The lowest BCUT2D eigenvalue weighted by Gasteiger charge is -2.08. The van der Waals surface area contributed by atoms with Crippen LogP contribution in [0.2, 0.25) is 0 Å². The van der Waals surface area contributed by atoms with Crippen LogP contribution in [0.5, 0.6) is 0 Å². The van der Waals surface area contributed by atoms with Gasteiger partial charge in [0, 0.05) is 13.1 Å². The second-order valence-corrected chi connectivity index (χ2v) is 4.03. The molecule has 2 rings (SSSR count). The summed E-state index contributed by atoms with van der Waals surface area (Å²) in [6.07, 6.45) is 3.71. The van der Waals surface area contributed by atoms with E-state index in [1.807, 2.05) is 6.92 Å². The van der Waals surface area contributed by atoms with Gasteiger partial charge in [-0.2, -0.15) is 0 Å². The van der Waals surface area contributed by atoms with Crippen molar-refractivity contribution in [1.29, 1.82) is 0 Å². The number of anilines is 2. The molecule has 17 heavy (non-hydrogen) atoms. The minimum Gasteiger partial charge on any atom is -0.364 e. The van der Waals surface area contributed by atoms with E-state index in [4.69, 9.17) is 0 Å². The maximum Gasteiger partial charge on any atom is 0.353 e. The van der Waals surface area contributed by atoms with Crippen molar-refractivity contribution in [3.63, 3.8) is 0 Å². The first kappa shape index (κ1) is 11.6. The largest absolute Gasteiger partial charge is 0.364 e. The third kappa shape index (κ3) is 2.80. The Balaban J connectivity index is 2.21. The van der Waals surface area contributed by atoms with Crippen LogP contribution in [0.1, 0.15) is 19.8 Å². The quantitative estimate of drug-likeness (QED) is 0.577. The molecular weight excluding hydrogens is 222 g/mol. The van der Waals surface area contributed by atoms with Gasteiger partial charge in [-0.15, -0.1) is 0 Å². The van der Waals surface area contributed by atoms with E-state index in [1.165, 1.54) is 19.2 Å². The second-order valence-electron chi connectivity index (χ2n) is 4.03. The summed E-state index contributed by atoms with van der Waals surface area (Å²) in [4.78, 5) is 18.4. The SMILES string of the molecule is CCNc1ncnc(NCC2CC2)c1[N+](=O)[O-]. The van der Waals surface area contributed by atoms with Crippen molar-refractivity contribution in [2.24, 2.45) is 5.92 Å². The molecule has 1 aliphatic rings. The number of aromatic nitrogens is 2. The number of nitro groups is 1. The first-order valence-electron chi connectivity index (χ1n) is 5.69. The first-order chi connectivity index (χ1) is 8.22. The van der Waals surface area contributed by atoms with E-state index in [-0.39, 0.29) is 11.5 Å². The van der Waals surface area contributed by atoms with Gasteiger partial charge in [0.2, 0.25) is 11.6 Å². The Morgan fingerprint density at radius 1 is 1.41 bits per heavy atom. The molecule has 1 aromatic heterocycles. The molecule has 0 unspecified atom stereocenters. The van der Waals surface area contributed by atoms with Gasteiger partial charge in [-0.05, 0) is 25.7 Å². The van der Waals surface area contributed by atoms with Gasteiger partial charge in [-0.3, -0.25) is 10.1 Å². The van der Waals surface area contributed by atoms with Crippen LogP contribution in [-0.4, -0.2) is 28.0 Å². The number of nitrogens with zero attached hydrogens (tertiary/aromatic N) is 3. The lowest BCUT2D eigenvalue weighted by atomic mass is 10.3. The maximum atomic E-state index is 11.0. The highest BCUT2D eigenvalue weighted by molar-refractivity contribution is 5.69. The molecule has 0 saturated heterocycles. The van der Waals surface area contributed by atoms with Crippen molar-refractivity contribution in [2.45, 2.75) is 19.8 Å². The lowest BCUT2D eigenvalue weighted by molar-refractivity contribution is -0.383.